The molecule has 344 valence electrons. The first kappa shape index (κ1) is 55.8. The summed E-state index contributed by atoms with van der Waals surface area (Å²) in [6, 6.07) is -3.42. The molecule has 60 heavy (non-hydrogen) atoms. The predicted molar refractivity (Wildman–Crippen MR) is 229 cm³/mol. The van der Waals surface area contributed by atoms with Crippen molar-refractivity contribution < 1.29 is 53.4 Å². The van der Waals surface area contributed by atoms with E-state index >= 15 is 0 Å². The van der Waals surface area contributed by atoms with Crippen molar-refractivity contribution in [2.75, 3.05) is 0 Å². The summed E-state index contributed by atoms with van der Waals surface area (Å²) >= 11 is 0. The molecule has 0 saturated carbocycles. The summed E-state index contributed by atoms with van der Waals surface area (Å²) in [5.41, 5.74) is 5.30. The molecule has 0 bridgehead atoms. The molecule has 15 heteroatoms. The van der Waals surface area contributed by atoms with Gasteiger partial charge in [0.2, 0.25) is 23.6 Å². The summed E-state index contributed by atoms with van der Waals surface area (Å²) in [5.74, 6) is -9.56. The second-order valence-corrected chi connectivity index (χ2v) is 17.3. The van der Waals surface area contributed by atoms with Crippen LogP contribution in [-0.4, -0.2) is 81.3 Å². The first-order valence-electron chi connectivity index (χ1n) is 22.4. The molecule has 0 unspecified atom stereocenters. The summed E-state index contributed by atoms with van der Waals surface area (Å²) in [5, 5.41) is 25.8. The molecular formula is C45H78N4O11. The molecule has 6 atom stereocenters. The van der Waals surface area contributed by atoms with E-state index in [2.05, 4.69) is 22.9 Å². The molecule has 0 saturated heterocycles. The third-order valence-electron chi connectivity index (χ3n) is 11.1. The highest BCUT2D eigenvalue weighted by Gasteiger charge is 2.33. The number of rotatable bonds is 37. The monoisotopic (exact) mass is 851 g/mol. The van der Waals surface area contributed by atoms with Crippen LogP contribution in [0.5, 0.6) is 0 Å². The number of Topliss-reactive ketones (excluding diaryl/α,β-unsaturated/α-hetero) is 3. The van der Waals surface area contributed by atoms with Gasteiger partial charge in [0, 0.05) is 56.3 Å². The minimum Gasteiger partial charge on any atom is -0.481 e. The van der Waals surface area contributed by atoms with Crippen LogP contribution < -0.4 is 21.7 Å². The molecule has 0 heterocycles. The van der Waals surface area contributed by atoms with Crippen molar-refractivity contribution in [1.29, 1.82) is 0 Å². The highest BCUT2D eigenvalue weighted by Crippen LogP contribution is 2.21. The van der Waals surface area contributed by atoms with Gasteiger partial charge >= 0.3 is 11.9 Å². The van der Waals surface area contributed by atoms with Gasteiger partial charge < -0.3 is 31.9 Å². The smallest absolute Gasteiger partial charge is 0.303 e. The second kappa shape index (κ2) is 31.7. The Labute approximate surface area is 358 Å². The largest absolute Gasteiger partial charge is 0.481 e. The maximum Gasteiger partial charge on any atom is 0.303 e. The van der Waals surface area contributed by atoms with E-state index in [0.29, 0.717) is 6.42 Å². The number of ketones is 3. The Kier molecular flexibility index (Phi) is 29.5. The van der Waals surface area contributed by atoms with Gasteiger partial charge in [0.25, 0.3) is 0 Å². The van der Waals surface area contributed by atoms with Crippen molar-refractivity contribution in [3.63, 3.8) is 0 Å². The van der Waals surface area contributed by atoms with Crippen molar-refractivity contribution in [2.24, 2.45) is 35.3 Å². The highest BCUT2D eigenvalue weighted by atomic mass is 16.4. The van der Waals surface area contributed by atoms with Crippen LogP contribution >= 0.6 is 0 Å². The first-order valence-corrected chi connectivity index (χ1v) is 22.4. The molecule has 0 aliphatic rings. The number of nitrogens with two attached hydrogens (primary N) is 1. The topological polar surface area (TPSA) is 256 Å². The summed E-state index contributed by atoms with van der Waals surface area (Å²) in [6.45, 7) is 12.4. The minimum atomic E-state index is -1.36. The quantitative estimate of drug-likeness (QED) is 0.0383. The third kappa shape index (κ3) is 25.5. The van der Waals surface area contributed by atoms with E-state index in [9.17, 15) is 48.3 Å². The predicted octanol–water partition coefficient (Wildman–Crippen LogP) is 6.22. The van der Waals surface area contributed by atoms with Crippen molar-refractivity contribution in [3.05, 3.63) is 0 Å². The van der Waals surface area contributed by atoms with E-state index in [-0.39, 0.29) is 43.3 Å². The Morgan fingerprint density at radius 1 is 0.517 bits per heavy atom. The SMILES string of the molecule is CCCCCCCCCCCCCCCC(=O)C[C@H](C(=O)N[C@H](C(=O)C[C@@H](C)C(=O)N[C@@H](C)C(=O)C[C@@H](CCC(=O)O)C(=O)N[C@@H](CCC(=O)O)C(N)=O)C(C)C)C(C)C. The molecule has 0 aromatic heterocycles. The Balaban J connectivity index is 5.15. The van der Waals surface area contributed by atoms with Gasteiger partial charge in [-0.15, -0.1) is 0 Å². The molecule has 0 fully saturated rings. The van der Waals surface area contributed by atoms with Crippen LogP contribution in [0.4, 0.5) is 0 Å². The first-order chi connectivity index (χ1) is 28.2. The molecule has 0 radical (unpaired) electrons. The fourth-order valence-electron chi connectivity index (χ4n) is 7.04. The van der Waals surface area contributed by atoms with Gasteiger partial charge in [0.05, 0.1) is 12.1 Å². The second-order valence-electron chi connectivity index (χ2n) is 17.3. The number of carboxylic acid groups (broad SMARTS) is 2. The van der Waals surface area contributed by atoms with Crippen molar-refractivity contribution >= 4 is 52.9 Å². The number of primary amides is 1. The Morgan fingerprint density at radius 3 is 1.48 bits per heavy atom. The Bertz CT molecular complexity index is 1380. The van der Waals surface area contributed by atoms with Gasteiger partial charge in [-0.1, -0.05) is 119 Å². The van der Waals surface area contributed by atoms with Crippen LogP contribution in [0, 0.1) is 29.6 Å². The van der Waals surface area contributed by atoms with Crippen molar-refractivity contribution in [1.82, 2.24) is 16.0 Å². The average Bonchev–Trinajstić information content (AvgIpc) is 3.16. The van der Waals surface area contributed by atoms with Gasteiger partial charge in [-0.25, -0.2) is 0 Å². The molecular weight excluding hydrogens is 773 g/mol. The molecule has 15 nitrogen and oxygen atoms in total. The summed E-state index contributed by atoms with van der Waals surface area (Å²) in [6.07, 6.45) is 13.9. The van der Waals surface area contributed by atoms with Crippen LogP contribution in [0.15, 0.2) is 0 Å². The molecule has 0 aliphatic heterocycles. The number of carboxylic acids is 2. The number of unbranched alkanes of at least 4 members (excludes halogenated alkanes) is 12. The molecule has 0 rings (SSSR count). The number of carbonyl (C=O) groups is 9. The standard InChI is InChI=1S/C45H78N4O11/c1-8-9-10-11-12-13-14-15-16-17-18-19-20-21-34(50)28-35(29(2)3)45(60)49-41(30(4)5)38(52)26-31(6)43(58)47-32(7)37(51)27-33(22-24-39(53)54)44(59)48-36(42(46)57)23-25-40(55)56/h29-33,35-36,41H,8-28H2,1-7H3,(H2,46,57)(H,47,58)(H,48,59)(H,49,60)(H,53,54)(H,55,56)/t31-,32+,33-,35+,36+,41+/m1/s1. The number of carbonyl (C=O) groups excluding carboxylic acids is 7. The summed E-state index contributed by atoms with van der Waals surface area (Å²) in [4.78, 5) is 113. The summed E-state index contributed by atoms with van der Waals surface area (Å²) in [7, 11) is 0. The van der Waals surface area contributed by atoms with E-state index in [1.54, 1.807) is 13.8 Å². The summed E-state index contributed by atoms with van der Waals surface area (Å²) < 4.78 is 0. The average molecular weight is 851 g/mol. The van der Waals surface area contributed by atoms with Gasteiger partial charge in [0.15, 0.2) is 11.6 Å². The molecule has 4 amide bonds. The lowest BCUT2D eigenvalue weighted by atomic mass is 9.87. The zero-order valence-corrected chi connectivity index (χ0v) is 37.6. The number of nitrogens with one attached hydrogen (secondary N) is 3. The Morgan fingerprint density at radius 2 is 1.02 bits per heavy atom. The molecule has 0 spiro atoms. The third-order valence-corrected chi connectivity index (χ3v) is 11.1. The number of hydrogen-bond donors (Lipinski definition) is 6. The fraction of sp³-hybridized carbons (Fsp3) is 0.800. The lowest BCUT2D eigenvalue weighted by Crippen LogP contribution is -2.49. The van der Waals surface area contributed by atoms with E-state index in [4.69, 9.17) is 10.8 Å². The lowest BCUT2D eigenvalue weighted by Gasteiger charge is -2.27. The Hall–Kier alpha value is -4.17. The van der Waals surface area contributed by atoms with E-state index in [1.807, 2.05) is 13.8 Å². The van der Waals surface area contributed by atoms with Crippen molar-refractivity contribution in [2.45, 2.75) is 201 Å². The van der Waals surface area contributed by atoms with E-state index in [1.165, 1.54) is 78.1 Å². The minimum absolute atomic E-state index is 0.0211. The van der Waals surface area contributed by atoms with Crippen LogP contribution in [0.25, 0.3) is 0 Å². The highest BCUT2D eigenvalue weighted by molar-refractivity contribution is 5.96. The number of hydrogen-bond acceptors (Lipinski definition) is 9. The van der Waals surface area contributed by atoms with Gasteiger partial charge in [-0.05, 0) is 38.0 Å². The number of aliphatic carboxylic acids is 2. The number of amides is 4. The zero-order chi connectivity index (χ0) is 45.8. The normalized spacial score (nSPS) is 14.3. The van der Waals surface area contributed by atoms with Gasteiger partial charge in [-0.3, -0.25) is 43.2 Å². The molecule has 7 N–H and O–H groups in total. The van der Waals surface area contributed by atoms with Gasteiger partial charge in [0.1, 0.15) is 11.8 Å². The van der Waals surface area contributed by atoms with Crippen LogP contribution in [-0.2, 0) is 43.2 Å². The maximum atomic E-state index is 13.5. The van der Waals surface area contributed by atoms with E-state index < -0.39 is 102 Å². The van der Waals surface area contributed by atoms with Gasteiger partial charge in [-0.2, -0.15) is 0 Å². The fourth-order valence-corrected chi connectivity index (χ4v) is 7.04. The lowest BCUT2D eigenvalue weighted by molar-refractivity contribution is -0.140. The molecule has 0 aromatic carbocycles. The molecule has 0 aliphatic carbocycles. The zero-order valence-electron chi connectivity index (χ0n) is 37.6. The molecule has 0 aromatic rings. The van der Waals surface area contributed by atoms with E-state index in [0.717, 1.165) is 19.3 Å². The van der Waals surface area contributed by atoms with Crippen LogP contribution in [0.2, 0.25) is 0 Å². The van der Waals surface area contributed by atoms with Crippen molar-refractivity contribution in [3.8, 4) is 0 Å². The van der Waals surface area contributed by atoms with Crippen LogP contribution in [0.1, 0.15) is 183 Å². The van der Waals surface area contributed by atoms with Crippen LogP contribution in [0.3, 0.4) is 0 Å². The maximum absolute atomic E-state index is 13.5.